The maximum Gasteiger partial charge on any atom is 0.117 e. The number of nitrogens with zero attached hydrogens (tertiary/aromatic N) is 1. The van der Waals surface area contributed by atoms with E-state index in [0.717, 1.165) is 30.9 Å². The summed E-state index contributed by atoms with van der Waals surface area (Å²) in [6.45, 7) is 0.918. The molecular formula is C10H12N2O. The van der Waals surface area contributed by atoms with Crippen LogP contribution in [0.2, 0.25) is 0 Å². The summed E-state index contributed by atoms with van der Waals surface area (Å²) in [5.41, 5.74) is 0.903. The van der Waals surface area contributed by atoms with Crippen LogP contribution in [0.15, 0.2) is 29.3 Å². The monoisotopic (exact) mass is 176 g/mol. The molecule has 1 aliphatic rings. The summed E-state index contributed by atoms with van der Waals surface area (Å²) in [6, 6.07) is 7.08. The number of nitrogens with one attached hydrogen (secondary N) is 1. The topological polar surface area (TPSA) is 44.6 Å². The van der Waals surface area contributed by atoms with Crippen LogP contribution in [0.5, 0.6) is 5.75 Å². The van der Waals surface area contributed by atoms with E-state index in [1.165, 1.54) is 0 Å². The highest BCUT2D eigenvalue weighted by atomic mass is 16.3. The van der Waals surface area contributed by atoms with Crippen molar-refractivity contribution in [1.29, 1.82) is 0 Å². The minimum Gasteiger partial charge on any atom is -0.508 e. The number of benzene rings is 1. The van der Waals surface area contributed by atoms with Crippen molar-refractivity contribution in [1.82, 2.24) is 0 Å². The first-order valence-electron chi connectivity index (χ1n) is 4.44. The molecule has 13 heavy (non-hydrogen) atoms. The lowest BCUT2D eigenvalue weighted by Gasteiger charge is -2.05. The van der Waals surface area contributed by atoms with Gasteiger partial charge in [-0.2, -0.15) is 0 Å². The van der Waals surface area contributed by atoms with Gasteiger partial charge >= 0.3 is 0 Å². The molecule has 3 heteroatoms. The van der Waals surface area contributed by atoms with Crippen LogP contribution in [0.1, 0.15) is 12.8 Å². The SMILES string of the molecule is Oc1cccc(NC2=NCCC2)c1. The molecule has 1 heterocycles. The number of aromatic hydroxyl groups is 1. The van der Waals surface area contributed by atoms with Crippen molar-refractivity contribution in [2.24, 2.45) is 4.99 Å². The summed E-state index contributed by atoms with van der Waals surface area (Å²) in [4.78, 5) is 4.28. The minimum absolute atomic E-state index is 0.281. The Morgan fingerprint density at radius 3 is 3.00 bits per heavy atom. The first-order valence-corrected chi connectivity index (χ1v) is 4.44. The molecule has 3 nitrogen and oxygen atoms in total. The van der Waals surface area contributed by atoms with Gasteiger partial charge in [-0.1, -0.05) is 6.07 Å². The lowest BCUT2D eigenvalue weighted by atomic mass is 10.3. The molecule has 0 spiro atoms. The molecule has 1 aromatic rings. The van der Waals surface area contributed by atoms with Crippen LogP contribution in [-0.2, 0) is 0 Å². The van der Waals surface area contributed by atoms with Crippen LogP contribution in [-0.4, -0.2) is 17.5 Å². The van der Waals surface area contributed by atoms with Gasteiger partial charge in [0.1, 0.15) is 11.6 Å². The lowest BCUT2D eigenvalue weighted by Crippen LogP contribution is -2.07. The zero-order valence-corrected chi connectivity index (χ0v) is 7.33. The number of amidine groups is 1. The summed E-state index contributed by atoms with van der Waals surface area (Å²) in [6.07, 6.45) is 2.14. The molecule has 0 bridgehead atoms. The second-order valence-electron chi connectivity index (χ2n) is 3.11. The molecule has 1 aliphatic heterocycles. The van der Waals surface area contributed by atoms with Gasteiger partial charge in [0.05, 0.1) is 0 Å². The van der Waals surface area contributed by atoms with Crippen LogP contribution in [0.25, 0.3) is 0 Å². The number of rotatable bonds is 1. The van der Waals surface area contributed by atoms with E-state index in [1.807, 2.05) is 12.1 Å². The molecular weight excluding hydrogens is 164 g/mol. The van der Waals surface area contributed by atoms with Gasteiger partial charge in [-0.15, -0.1) is 0 Å². The highest BCUT2D eigenvalue weighted by Crippen LogP contribution is 2.16. The maximum absolute atomic E-state index is 9.21. The van der Waals surface area contributed by atoms with Crippen molar-refractivity contribution in [3.8, 4) is 5.75 Å². The fourth-order valence-corrected chi connectivity index (χ4v) is 1.39. The molecule has 0 aromatic heterocycles. The van der Waals surface area contributed by atoms with Crippen molar-refractivity contribution in [3.05, 3.63) is 24.3 Å². The van der Waals surface area contributed by atoms with E-state index in [0.29, 0.717) is 0 Å². The minimum atomic E-state index is 0.281. The first-order chi connectivity index (χ1) is 6.34. The van der Waals surface area contributed by atoms with Crippen molar-refractivity contribution in [3.63, 3.8) is 0 Å². The molecule has 0 radical (unpaired) electrons. The van der Waals surface area contributed by atoms with E-state index >= 15 is 0 Å². The third-order valence-corrected chi connectivity index (χ3v) is 2.01. The van der Waals surface area contributed by atoms with Gasteiger partial charge in [-0.25, -0.2) is 0 Å². The lowest BCUT2D eigenvalue weighted by molar-refractivity contribution is 0.475. The van der Waals surface area contributed by atoms with E-state index in [1.54, 1.807) is 12.1 Å². The molecule has 2 rings (SSSR count). The van der Waals surface area contributed by atoms with Crippen molar-refractivity contribution in [2.75, 3.05) is 11.9 Å². The van der Waals surface area contributed by atoms with Gasteiger partial charge in [0.25, 0.3) is 0 Å². The number of hydrogen-bond acceptors (Lipinski definition) is 3. The quantitative estimate of drug-likeness (QED) is 0.687. The molecule has 1 aromatic carbocycles. The average Bonchev–Trinajstić information content (AvgIpc) is 2.57. The van der Waals surface area contributed by atoms with E-state index in [4.69, 9.17) is 0 Å². The van der Waals surface area contributed by atoms with Gasteiger partial charge in [-0.3, -0.25) is 4.99 Å². The zero-order chi connectivity index (χ0) is 9.10. The highest BCUT2D eigenvalue weighted by molar-refractivity contribution is 5.96. The molecule has 0 saturated carbocycles. The van der Waals surface area contributed by atoms with Crippen molar-refractivity contribution in [2.45, 2.75) is 12.8 Å². The Morgan fingerprint density at radius 1 is 1.38 bits per heavy atom. The fraction of sp³-hybridized carbons (Fsp3) is 0.300. The number of hydrogen-bond donors (Lipinski definition) is 2. The van der Waals surface area contributed by atoms with Gasteiger partial charge in [-0.05, 0) is 18.6 Å². The summed E-state index contributed by atoms with van der Waals surface area (Å²) >= 11 is 0. The molecule has 0 fully saturated rings. The van der Waals surface area contributed by atoms with Gasteiger partial charge in [0, 0.05) is 24.7 Å². The summed E-state index contributed by atoms with van der Waals surface area (Å²) in [5.74, 6) is 1.30. The largest absolute Gasteiger partial charge is 0.508 e. The number of phenols is 1. The second-order valence-corrected chi connectivity index (χ2v) is 3.11. The third-order valence-electron chi connectivity index (χ3n) is 2.01. The normalized spacial score (nSPS) is 15.5. The highest BCUT2D eigenvalue weighted by Gasteiger charge is 2.05. The van der Waals surface area contributed by atoms with E-state index < -0.39 is 0 Å². The van der Waals surface area contributed by atoms with E-state index in [9.17, 15) is 5.11 Å². The van der Waals surface area contributed by atoms with E-state index in [-0.39, 0.29) is 5.75 Å². The Kier molecular flexibility index (Phi) is 2.17. The Hall–Kier alpha value is -1.51. The fourth-order valence-electron chi connectivity index (χ4n) is 1.39. The van der Waals surface area contributed by atoms with Crippen LogP contribution in [0, 0.1) is 0 Å². The summed E-state index contributed by atoms with van der Waals surface area (Å²) in [7, 11) is 0. The molecule has 0 unspecified atom stereocenters. The Bertz CT molecular complexity index is 333. The van der Waals surface area contributed by atoms with Crippen molar-refractivity contribution >= 4 is 11.5 Å². The van der Waals surface area contributed by atoms with Crippen LogP contribution >= 0.6 is 0 Å². The standard InChI is InChI=1S/C10H12N2O/c13-9-4-1-3-8(7-9)12-10-5-2-6-11-10/h1,3-4,7,13H,2,5-6H2,(H,11,12). The molecule has 0 amide bonds. The Balaban J connectivity index is 2.09. The number of phenolic OH excluding ortho intramolecular Hbond substituents is 1. The van der Waals surface area contributed by atoms with Gasteiger partial charge in [0.2, 0.25) is 0 Å². The maximum atomic E-state index is 9.21. The zero-order valence-electron chi connectivity index (χ0n) is 7.33. The Morgan fingerprint density at radius 2 is 2.31 bits per heavy atom. The predicted molar refractivity (Wildman–Crippen MR) is 53.3 cm³/mol. The van der Waals surface area contributed by atoms with Crippen molar-refractivity contribution < 1.29 is 5.11 Å². The van der Waals surface area contributed by atoms with Gasteiger partial charge < -0.3 is 10.4 Å². The summed E-state index contributed by atoms with van der Waals surface area (Å²) in [5, 5.41) is 12.4. The number of aliphatic imine (C=N–C) groups is 1. The van der Waals surface area contributed by atoms with Crippen LogP contribution in [0.4, 0.5) is 5.69 Å². The Labute approximate surface area is 77.1 Å². The second kappa shape index (κ2) is 3.47. The molecule has 68 valence electrons. The molecule has 0 saturated heterocycles. The van der Waals surface area contributed by atoms with E-state index in [2.05, 4.69) is 10.3 Å². The van der Waals surface area contributed by atoms with Crippen LogP contribution < -0.4 is 5.32 Å². The summed E-state index contributed by atoms with van der Waals surface area (Å²) < 4.78 is 0. The van der Waals surface area contributed by atoms with Crippen LogP contribution in [0.3, 0.4) is 0 Å². The smallest absolute Gasteiger partial charge is 0.117 e. The van der Waals surface area contributed by atoms with Gasteiger partial charge in [0.15, 0.2) is 0 Å². The first kappa shape index (κ1) is 8.10. The average molecular weight is 176 g/mol. The third kappa shape index (κ3) is 1.99. The number of anilines is 1. The predicted octanol–water partition coefficient (Wildman–Crippen LogP) is 2.00. The molecule has 0 aliphatic carbocycles. The molecule has 2 N–H and O–H groups in total. The molecule has 0 atom stereocenters.